The van der Waals surface area contributed by atoms with Crippen LogP contribution in [0.3, 0.4) is 0 Å². The van der Waals surface area contributed by atoms with Gasteiger partial charge < -0.3 is 14.9 Å². The van der Waals surface area contributed by atoms with Crippen LogP contribution in [0.1, 0.15) is 68.6 Å². The van der Waals surface area contributed by atoms with Gasteiger partial charge in [-0.2, -0.15) is 0 Å². The molecule has 0 unspecified atom stereocenters. The molecule has 0 aromatic heterocycles. The Morgan fingerprint density at radius 1 is 0.929 bits per heavy atom. The first-order chi connectivity index (χ1) is 12.8. The van der Waals surface area contributed by atoms with Gasteiger partial charge in [0.15, 0.2) is 5.78 Å². The normalized spacial score (nSPS) is 12.4. The zero-order valence-electron chi connectivity index (χ0n) is 17.8. The van der Waals surface area contributed by atoms with E-state index in [1.165, 1.54) is 19.3 Å². The third-order valence-corrected chi connectivity index (χ3v) is 4.65. The Hall–Kier alpha value is -2.75. The van der Waals surface area contributed by atoms with Crippen LogP contribution < -0.4 is 4.74 Å². The van der Waals surface area contributed by atoms with Gasteiger partial charge in [0.05, 0.1) is 12.7 Å². The smallest absolute Gasteiger partial charge is 0.189 e. The predicted molar refractivity (Wildman–Crippen MR) is 114 cm³/mol. The van der Waals surface area contributed by atoms with Crippen molar-refractivity contribution in [1.29, 1.82) is 0 Å². The van der Waals surface area contributed by atoms with Gasteiger partial charge in [0.2, 0.25) is 0 Å². The number of methoxy groups -OCH3 is 1. The van der Waals surface area contributed by atoms with Crippen molar-refractivity contribution in [3.05, 3.63) is 58.7 Å². The molecule has 0 radical (unpaired) electrons. The third-order valence-electron chi connectivity index (χ3n) is 4.65. The summed E-state index contributed by atoms with van der Waals surface area (Å²) in [7, 11) is 1.50. The van der Waals surface area contributed by atoms with Crippen LogP contribution in [0.4, 0.5) is 0 Å². The van der Waals surface area contributed by atoms with Crippen molar-refractivity contribution in [1.82, 2.24) is 0 Å². The molecule has 2 rings (SSSR count). The van der Waals surface area contributed by atoms with Crippen molar-refractivity contribution in [2.24, 2.45) is 0 Å². The number of allylic oxidation sites excluding steroid dienone is 1. The van der Waals surface area contributed by atoms with E-state index >= 15 is 0 Å². The van der Waals surface area contributed by atoms with Crippen LogP contribution in [-0.4, -0.2) is 23.1 Å². The second kappa shape index (κ2) is 7.70. The average molecular weight is 383 g/mol. The molecule has 0 saturated carbocycles. The van der Waals surface area contributed by atoms with Crippen LogP contribution in [0, 0.1) is 0 Å². The molecule has 2 aromatic carbocycles. The minimum Gasteiger partial charge on any atom is -0.507 e. The third kappa shape index (κ3) is 4.75. The minimum atomic E-state index is -0.303. The lowest BCUT2D eigenvalue weighted by atomic mass is 9.78. The number of aromatic hydroxyl groups is 2. The Balaban J connectivity index is 2.46. The van der Waals surface area contributed by atoms with E-state index in [1.807, 2.05) is 53.7 Å². The molecule has 4 nitrogen and oxygen atoms in total. The molecule has 0 saturated heterocycles. The van der Waals surface area contributed by atoms with Gasteiger partial charge in [-0.15, -0.1) is 0 Å². The maximum Gasteiger partial charge on any atom is 0.189 e. The lowest BCUT2D eigenvalue weighted by Gasteiger charge is -2.27. The molecule has 28 heavy (non-hydrogen) atoms. The molecule has 2 aromatic rings. The fourth-order valence-electron chi connectivity index (χ4n) is 3.00. The number of phenolic OH excluding ortho intramolecular Hbond substituents is 2. The minimum absolute atomic E-state index is 0.120. The van der Waals surface area contributed by atoms with Gasteiger partial charge in [0, 0.05) is 17.2 Å². The summed E-state index contributed by atoms with van der Waals surface area (Å²) in [5.74, 6) is 0.366. The molecule has 0 spiro atoms. The summed E-state index contributed by atoms with van der Waals surface area (Å²) in [5.41, 5.74) is 2.22. The zero-order valence-corrected chi connectivity index (χ0v) is 17.8. The highest BCUT2D eigenvalue weighted by atomic mass is 16.5. The van der Waals surface area contributed by atoms with Gasteiger partial charge in [-0.1, -0.05) is 47.6 Å². The van der Waals surface area contributed by atoms with E-state index < -0.39 is 0 Å². The monoisotopic (exact) mass is 382 g/mol. The molecular weight excluding hydrogens is 352 g/mol. The summed E-state index contributed by atoms with van der Waals surface area (Å²) in [6.07, 6.45) is 3.16. The van der Waals surface area contributed by atoms with Gasteiger partial charge in [0.1, 0.15) is 17.2 Å². The summed E-state index contributed by atoms with van der Waals surface area (Å²) >= 11 is 0. The summed E-state index contributed by atoms with van der Waals surface area (Å²) in [4.78, 5) is 12.5. The van der Waals surface area contributed by atoms with E-state index in [0.717, 1.165) is 16.7 Å². The lowest BCUT2D eigenvalue weighted by Crippen LogP contribution is -2.17. The fourth-order valence-corrected chi connectivity index (χ4v) is 3.00. The summed E-state index contributed by atoms with van der Waals surface area (Å²) < 4.78 is 5.05. The Labute approximate surface area is 167 Å². The van der Waals surface area contributed by atoms with Crippen LogP contribution in [-0.2, 0) is 10.8 Å². The second-order valence-electron chi connectivity index (χ2n) is 9.05. The number of hydrogen-bond acceptors (Lipinski definition) is 4. The van der Waals surface area contributed by atoms with Gasteiger partial charge >= 0.3 is 0 Å². The Bertz CT molecular complexity index is 874. The van der Waals surface area contributed by atoms with Crippen molar-refractivity contribution < 1.29 is 19.7 Å². The largest absolute Gasteiger partial charge is 0.507 e. The van der Waals surface area contributed by atoms with Crippen LogP contribution in [0.2, 0.25) is 0 Å². The molecule has 4 heteroatoms. The topological polar surface area (TPSA) is 66.8 Å². The highest BCUT2D eigenvalue weighted by Crippen LogP contribution is 2.40. The molecule has 2 N–H and O–H groups in total. The first-order valence-electron chi connectivity index (χ1n) is 9.32. The number of phenols is 2. The molecule has 0 fully saturated rings. The SMILES string of the molecule is COc1ccc(C(=O)/C=C/c2cc(C(C)(C)C)c(O)c(C(C)(C)C)c2)c(O)c1. The van der Waals surface area contributed by atoms with Crippen LogP contribution >= 0.6 is 0 Å². The maximum absolute atomic E-state index is 12.5. The maximum atomic E-state index is 12.5. The second-order valence-corrected chi connectivity index (χ2v) is 9.05. The number of rotatable bonds is 4. The number of benzene rings is 2. The molecule has 0 amide bonds. The van der Waals surface area contributed by atoms with E-state index in [0.29, 0.717) is 11.5 Å². The highest BCUT2D eigenvalue weighted by Gasteiger charge is 2.26. The molecule has 0 atom stereocenters. The van der Waals surface area contributed by atoms with E-state index in [4.69, 9.17) is 4.74 Å². The van der Waals surface area contributed by atoms with Crippen molar-refractivity contribution in [2.45, 2.75) is 52.4 Å². The van der Waals surface area contributed by atoms with Gasteiger partial charge in [-0.25, -0.2) is 0 Å². The fraction of sp³-hybridized carbons (Fsp3) is 0.375. The summed E-state index contributed by atoms with van der Waals surface area (Å²) in [5, 5.41) is 20.8. The summed E-state index contributed by atoms with van der Waals surface area (Å²) in [6, 6.07) is 8.40. The van der Waals surface area contributed by atoms with Crippen molar-refractivity contribution in [3.8, 4) is 17.2 Å². The molecule has 150 valence electrons. The van der Waals surface area contributed by atoms with Crippen molar-refractivity contribution in [2.75, 3.05) is 7.11 Å². The van der Waals surface area contributed by atoms with Gasteiger partial charge in [-0.3, -0.25) is 4.79 Å². The van der Waals surface area contributed by atoms with Crippen molar-refractivity contribution in [3.63, 3.8) is 0 Å². The van der Waals surface area contributed by atoms with E-state index in [-0.39, 0.29) is 27.9 Å². The standard InChI is InChI=1S/C24H30O4/c1-23(2,3)18-12-15(13-19(22(18)27)24(4,5)6)8-11-20(25)17-10-9-16(28-7)14-21(17)26/h8-14,26-27H,1-7H3/b11-8+. The number of carbonyl (C=O) groups is 1. The molecule has 0 aliphatic heterocycles. The molecular formula is C24H30O4. The quantitative estimate of drug-likeness (QED) is 0.534. The van der Waals surface area contributed by atoms with E-state index in [2.05, 4.69) is 0 Å². The Morgan fingerprint density at radius 3 is 1.89 bits per heavy atom. The summed E-state index contributed by atoms with van der Waals surface area (Å²) in [6.45, 7) is 12.3. The van der Waals surface area contributed by atoms with Gasteiger partial charge in [-0.05, 0) is 46.7 Å². The number of hydrogen-bond donors (Lipinski definition) is 2. The molecule has 0 aliphatic carbocycles. The first-order valence-corrected chi connectivity index (χ1v) is 9.32. The average Bonchev–Trinajstić information content (AvgIpc) is 2.58. The number of ether oxygens (including phenoxy) is 1. The predicted octanol–water partition coefficient (Wildman–Crippen LogP) is 5.60. The van der Waals surface area contributed by atoms with Crippen molar-refractivity contribution >= 4 is 11.9 Å². The lowest BCUT2D eigenvalue weighted by molar-refractivity contribution is 0.104. The molecule has 0 heterocycles. The highest BCUT2D eigenvalue weighted by molar-refractivity contribution is 6.08. The Kier molecular flexibility index (Phi) is 5.93. The zero-order chi connectivity index (χ0) is 21.3. The number of carbonyl (C=O) groups excluding carboxylic acids is 1. The molecule has 0 aliphatic rings. The first kappa shape index (κ1) is 21.5. The van der Waals surface area contributed by atoms with Crippen LogP contribution in [0.25, 0.3) is 6.08 Å². The van der Waals surface area contributed by atoms with Crippen LogP contribution in [0.5, 0.6) is 17.2 Å². The molecule has 0 bridgehead atoms. The number of ketones is 1. The van der Waals surface area contributed by atoms with Gasteiger partial charge in [0.25, 0.3) is 0 Å². The van der Waals surface area contributed by atoms with Crippen LogP contribution in [0.15, 0.2) is 36.4 Å². The Morgan fingerprint density at radius 2 is 1.46 bits per heavy atom. The van der Waals surface area contributed by atoms with E-state index in [1.54, 1.807) is 18.2 Å². The van der Waals surface area contributed by atoms with E-state index in [9.17, 15) is 15.0 Å².